The van der Waals surface area contributed by atoms with Crippen LogP contribution in [0.2, 0.25) is 0 Å². The summed E-state index contributed by atoms with van der Waals surface area (Å²) in [4.78, 5) is 14.0. The van der Waals surface area contributed by atoms with Crippen LogP contribution < -0.4 is 5.32 Å². The topological polar surface area (TPSA) is 52.6 Å². The zero-order chi connectivity index (χ0) is 15.9. The van der Waals surface area contributed by atoms with Crippen molar-refractivity contribution in [1.82, 2.24) is 10.2 Å². The van der Waals surface area contributed by atoms with E-state index in [1.807, 2.05) is 0 Å². The lowest BCUT2D eigenvalue weighted by atomic mass is 9.85. The number of rotatable bonds is 7. The third kappa shape index (κ3) is 5.24. The zero-order valence-corrected chi connectivity index (χ0v) is 14.4. The van der Waals surface area contributed by atoms with Crippen molar-refractivity contribution >= 4 is 5.97 Å². The molecule has 4 nitrogen and oxygen atoms in total. The summed E-state index contributed by atoms with van der Waals surface area (Å²) in [6.45, 7) is 6.76. The van der Waals surface area contributed by atoms with Crippen molar-refractivity contribution in [1.29, 1.82) is 0 Å². The molecule has 2 fully saturated rings. The van der Waals surface area contributed by atoms with Gasteiger partial charge in [-0.3, -0.25) is 4.79 Å². The monoisotopic (exact) mass is 310 g/mol. The van der Waals surface area contributed by atoms with Gasteiger partial charge in [0.25, 0.3) is 0 Å². The first-order valence-electron chi connectivity index (χ1n) is 9.33. The fourth-order valence-electron chi connectivity index (χ4n) is 4.14. The molecule has 2 aliphatic rings. The normalized spacial score (nSPS) is 29.4. The smallest absolute Gasteiger partial charge is 0.320 e. The Morgan fingerprint density at radius 2 is 2.00 bits per heavy atom. The summed E-state index contributed by atoms with van der Waals surface area (Å²) in [5, 5.41) is 12.7. The number of nitrogens with zero attached hydrogens (tertiary/aromatic N) is 1. The summed E-state index contributed by atoms with van der Waals surface area (Å²) in [7, 11) is 0. The van der Waals surface area contributed by atoms with E-state index in [4.69, 9.17) is 0 Å². The molecule has 1 aliphatic heterocycles. The van der Waals surface area contributed by atoms with Gasteiger partial charge in [-0.05, 0) is 51.1 Å². The van der Waals surface area contributed by atoms with Crippen LogP contribution in [0.5, 0.6) is 0 Å². The first-order valence-corrected chi connectivity index (χ1v) is 9.33. The minimum atomic E-state index is -0.683. The molecule has 2 unspecified atom stereocenters. The van der Waals surface area contributed by atoms with Gasteiger partial charge in [-0.15, -0.1) is 0 Å². The highest BCUT2D eigenvalue weighted by molar-refractivity contribution is 5.73. The molecule has 0 aromatic rings. The maximum Gasteiger partial charge on any atom is 0.320 e. The van der Waals surface area contributed by atoms with Crippen molar-refractivity contribution in [2.75, 3.05) is 13.1 Å². The van der Waals surface area contributed by atoms with E-state index in [9.17, 15) is 9.90 Å². The molecule has 2 rings (SSSR count). The molecule has 1 saturated carbocycles. The lowest BCUT2D eigenvalue weighted by Gasteiger charge is -2.41. The highest BCUT2D eigenvalue weighted by Crippen LogP contribution is 2.29. The highest BCUT2D eigenvalue weighted by atomic mass is 16.4. The maximum atomic E-state index is 11.4. The molecule has 0 spiro atoms. The Hall–Kier alpha value is -0.610. The number of carbonyl (C=O) groups is 1. The third-order valence-corrected chi connectivity index (χ3v) is 5.54. The minimum absolute atomic E-state index is 0.355. The van der Waals surface area contributed by atoms with Gasteiger partial charge in [0.05, 0.1) is 0 Å². The number of hydrogen-bond donors (Lipinski definition) is 2. The first kappa shape index (κ1) is 17.7. The molecule has 1 heterocycles. The molecule has 1 aliphatic carbocycles. The molecule has 2 N–H and O–H groups in total. The van der Waals surface area contributed by atoms with Crippen LogP contribution in [0.15, 0.2) is 0 Å². The van der Waals surface area contributed by atoms with Gasteiger partial charge in [0, 0.05) is 12.1 Å². The van der Waals surface area contributed by atoms with Crippen LogP contribution in [0.3, 0.4) is 0 Å². The Morgan fingerprint density at radius 3 is 2.59 bits per heavy atom. The summed E-state index contributed by atoms with van der Waals surface area (Å²) < 4.78 is 0. The van der Waals surface area contributed by atoms with E-state index in [1.165, 1.54) is 25.7 Å². The van der Waals surface area contributed by atoms with E-state index in [0.717, 1.165) is 57.2 Å². The lowest BCUT2D eigenvalue weighted by molar-refractivity contribution is -0.140. The van der Waals surface area contributed by atoms with Crippen molar-refractivity contribution in [3.05, 3.63) is 0 Å². The van der Waals surface area contributed by atoms with E-state index in [1.54, 1.807) is 0 Å². The second-order valence-electron chi connectivity index (χ2n) is 7.44. The fourth-order valence-corrected chi connectivity index (χ4v) is 4.14. The second kappa shape index (κ2) is 8.88. The van der Waals surface area contributed by atoms with E-state index < -0.39 is 5.97 Å². The minimum Gasteiger partial charge on any atom is -0.480 e. The molecule has 0 bridgehead atoms. The van der Waals surface area contributed by atoms with Gasteiger partial charge in [-0.25, -0.2) is 0 Å². The molecule has 3 atom stereocenters. The van der Waals surface area contributed by atoms with Crippen LogP contribution in [-0.4, -0.2) is 47.2 Å². The van der Waals surface area contributed by atoms with Gasteiger partial charge in [-0.2, -0.15) is 0 Å². The number of aliphatic carboxylic acids is 1. The summed E-state index contributed by atoms with van der Waals surface area (Å²) in [5.41, 5.74) is 0. The summed E-state index contributed by atoms with van der Waals surface area (Å²) in [6, 6.07) is 0.807. The fraction of sp³-hybridized carbons (Fsp3) is 0.944. The third-order valence-electron chi connectivity index (χ3n) is 5.54. The number of carboxylic acids is 1. The second-order valence-corrected chi connectivity index (χ2v) is 7.44. The highest BCUT2D eigenvalue weighted by Gasteiger charge is 2.29. The predicted molar refractivity (Wildman–Crippen MR) is 90.1 cm³/mol. The summed E-state index contributed by atoms with van der Waals surface area (Å²) in [5.74, 6) is 0.192. The van der Waals surface area contributed by atoms with Gasteiger partial charge in [0.15, 0.2) is 0 Å². The molecule has 4 heteroatoms. The number of unbranched alkanes of at least 4 members (excludes halogenated alkanes) is 1. The molecule has 22 heavy (non-hydrogen) atoms. The van der Waals surface area contributed by atoms with Crippen molar-refractivity contribution in [3.63, 3.8) is 0 Å². The summed E-state index contributed by atoms with van der Waals surface area (Å²) >= 11 is 0. The molecule has 0 radical (unpaired) electrons. The van der Waals surface area contributed by atoms with E-state index in [-0.39, 0.29) is 6.04 Å². The summed E-state index contributed by atoms with van der Waals surface area (Å²) in [6.07, 6.45) is 10.5. The quantitative estimate of drug-likeness (QED) is 0.758. The average Bonchev–Trinajstić information content (AvgIpc) is 2.51. The molecule has 0 aromatic heterocycles. The van der Waals surface area contributed by atoms with Crippen LogP contribution in [0, 0.1) is 5.92 Å². The number of hydrogen-bond acceptors (Lipinski definition) is 3. The van der Waals surface area contributed by atoms with Crippen LogP contribution in [0.1, 0.15) is 71.6 Å². The van der Waals surface area contributed by atoms with Crippen LogP contribution >= 0.6 is 0 Å². The van der Waals surface area contributed by atoms with Crippen molar-refractivity contribution in [2.24, 2.45) is 5.92 Å². The van der Waals surface area contributed by atoms with Gasteiger partial charge in [0.2, 0.25) is 0 Å². The predicted octanol–water partition coefficient (Wildman–Crippen LogP) is 3.26. The molecule has 0 amide bonds. The van der Waals surface area contributed by atoms with Gasteiger partial charge < -0.3 is 15.3 Å². The van der Waals surface area contributed by atoms with Crippen LogP contribution in [0.25, 0.3) is 0 Å². The molecular weight excluding hydrogens is 276 g/mol. The number of carboxylic acid groups (broad SMARTS) is 1. The van der Waals surface area contributed by atoms with Gasteiger partial charge in [0.1, 0.15) is 6.04 Å². The van der Waals surface area contributed by atoms with E-state index in [2.05, 4.69) is 24.1 Å². The molecule has 0 aromatic carbocycles. The Balaban J connectivity index is 1.75. The lowest BCUT2D eigenvalue weighted by Crippen LogP contribution is -2.51. The first-order chi connectivity index (χ1) is 10.6. The maximum absolute atomic E-state index is 11.4. The standard InChI is InChI=1S/C18H34N2O2/c1-3-4-8-17(18(21)22)19-15-9-11-20(12-10-15)16-7-5-6-14(2)13-16/h14-17,19H,3-13H2,1-2H3,(H,21,22)/t14?,16?,17-/m0/s1. The average molecular weight is 310 g/mol. The largest absolute Gasteiger partial charge is 0.480 e. The van der Waals surface area contributed by atoms with Gasteiger partial charge in [-0.1, -0.05) is 39.5 Å². The van der Waals surface area contributed by atoms with Gasteiger partial charge >= 0.3 is 5.97 Å². The van der Waals surface area contributed by atoms with Crippen molar-refractivity contribution in [3.8, 4) is 0 Å². The number of nitrogens with one attached hydrogen (secondary N) is 1. The Kier molecular flexibility index (Phi) is 7.16. The number of likely N-dealkylation sites (tertiary alicyclic amines) is 1. The van der Waals surface area contributed by atoms with Crippen molar-refractivity contribution in [2.45, 2.75) is 89.8 Å². The van der Waals surface area contributed by atoms with E-state index in [0.29, 0.717) is 6.04 Å². The van der Waals surface area contributed by atoms with E-state index >= 15 is 0 Å². The van der Waals surface area contributed by atoms with Crippen molar-refractivity contribution < 1.29 is 9.90 Å². The Labute approximate surface area is 135 Å². The molecular formula is C18H34N2O2. The van der Waals surface area contributed by atoms with Crippen LogP contribution in [-0.2, 0) is 4.79 Å². The number of piperidine rings is 1. The molecule has 128 valence electrons. The Morgan fingerprint density at radius 1 is 1.27 bits per heavy atom. The molecule has 1 saturated heterocycles. The Bertz CT molecular complexity index is 340. The zero-order valence-electron chi connectivity index (χ0n) is 14.4. The SMILES string of the molecule is CCCC[C@H](NC1CCN(C2CCCC(C)C2)CC1)C(=O)O. The van der Waals surface area contributed by atoms with Crippen LogP contribution in [0.4, 0.5) is 0 Å².